The number of amides is 2. The lowest BCUT2D eigenvalue weighted by Gasteiger charge is -2.30. The topological polar surface area (TPSA) is 75.9 Å². The fourth-order valence-electron chi connectivity index (χ4n) is 2.87. The van der Waals surface area contributed by atoms with Gasteiger partial charge in [0.15, 0.2) is 0 Å². The van der Waals surface area contributed by atoms with Crippen molar-refractivity contribution >= 4 is 33.6 Å². The monoisotopic (exact) mass is 348 g/mol. The Labute approximate surface area is 143 Å². The van der Waals surface area contributed by atoms with E-state index >= 15 is 0 Å². The van der Waals surface area contributed by atoms with E-state index in [9.17, 15) is 9.59 Å². The van der Waals surface area contributed by atoms with Crippen LogP contribution in [-0.2, 0) is 16.6 Å². The summed E-state index contributed by atoms with van der Waals surface area (Å²) in [6.07, 6.45) is 1.14. The van der Waals surface area contributed by atoms with Crippen LogP contribution in [0, 0.1) is 5.92 Å². The highest BCUT2D eigenvalue weighted by Crippen LogP contribution is 2.17. The molecule has 3 rings (SSSR count). The first-order chi connectivity index (χ1) is 11.6. The van der Waals surface area contributed by atoms with Gasteiger partial charge < -0.3 is 14.2 Å². The van der Waals surface area contributed by atoms with Crippen LogP contribution in [-0.4, -0.2) is 41.7 Å². The summed E-state index contributed by atoms with van der Waals surface area (Å²) in [7, 11) is 3.27. The number of piperidine rings is 1. The van der Waals surface area contributed by atoms with Gasteiger partial charge in [0.25, 0.3) is 0 Å². The Balaban J connectivity index is 1.72. The molecule has 2 heterocycles. The van der Waals surface area contributed by atoms with Crippen LogP contribution < -0.4 is 10.2 Å². The molecular weight excluding hydrogens is 328 g/mol. The molecule has 1 N–H and O–H groups in total. The Morgan fingerprint density at radius 3 is 2.92 bits per heavy atom. The van der Waals surface area contributed by atoms with Crippen molar-refractivity contribution in [2.75, 3.05) is 20.2 Å². The molecule has 1 atom stereocenters. The Bertz CT molecular complexity index is 826. The van der Waals surface area contributed by atoms with Crippen LogP contribution in [0.3, 0.4) is 0 Å². The van der Waals surface area contributed by atoms with Gasteiger partial charge in [-0.25, -0.2) is 10.2 Å². The zero-order chi connectivity index (χ0) is 17.1. The van der Waals surface area contributed by atoms with Gasteiger partial charge in [0, 0.05) is 20.1 Å². The van der Waals surface area contributed by atoms with Crippen LogP contribution in [0.2, 0.25) is 0 Å². The fourth-order valence-corrected chi connectivity index (χ4v) is 3.85. The van der Waals surface area contributed by atoms with Crippen molar-refractivity contribution in [2.24, 2.45) is 18.1 Å². The highest BCUT2D eigenvalue weighted by Gasteiger charge is 2.28. The molecule has 1 aromatic carbocycles. The number of likely N-dealkylation sites (tertiary alicyclic amines) is 1. The maximum absolute atomic E-state index is 12.4. The highest BCUT2D eigenvalue weighted by molar-refractivity contribution is 7.16. The Kier molecular flexibility index (Phi) is 4.84. The first-order valence-electron chi connectivity index (χ1n) is 7.81. The lowest BCUT2D eigenvalue weighted by molar-refractivity contribution is -0.126. The van der Waals surface area contributed by atoms with Crippen molar-refractivity contribution in [1.29, 1.82) is 0 Å². The highest BCUT2D eigenvalue weighted by atomic mass is 32.1. The average molecular weight is 348 g/mol. The smallest absolute Gasteiger partial charge is 0.409 e. The molecule has 1 aliphatic rings. The van der Waals surface area contributed by atoms with Crippen LogP contribution in [0.4, 0.5) is 4.79 Å². The third-order valence-electron chi connectivity index (χ3n) is 4.20. The molecule has 1 saturated heterocycles. The Hall–Kier alpha value is -2.35. The number of hydrogen-bond donors (Lipinski definition) is 1. The minimum absolute atomic E-state index is 0.166. The standard InChI is InChI=1S/C16H20N4O3S/c1-19-12-7-3-4-8-13(12)24-15(19)18-17-14(21)11-6-5-9-20(10-11)16(22)23-2/h3-4,7-8,11H,5-6,9-10H2,1-2H3,(H,17,21)/b18-15+. The number of nitrogens with one attached hydrogen (secondary N) is 1. The van der Waals surface area contributed by atoms with E-state index in [0.29, 0.717) is 13.1 Å². The maximum atomic E-state index is 12.4. The Morgan fingerprint density at radius 2 is 2.17 bits per heavy atom. The molecule has 2 amide bonds. The summed E-state index contributed by atoms with van der Waals surface area (Å²) < 4.78 is 7.79. The van der Waals surface area contributed by atoms with Gasteiger partial charge in [0.1, 0.15) is 0 Å². The predicted octanol–water partition coefficient (Wildman–Crippen LogP) is 1.65. The summed E-state index contributed by atoms with van der Waals surface area (Å²) in [5.41, 5.74) is 3.72. The number of carbonyl (C=O) groups is 2. The second-order valence-electron chi connectivity index (χ2n) is 5.75. The first kappa shape index (κ1) is 16.5. The van der Waals surface area contributed by atoms with E-state index in [2.05, 4.69) is 10.5 Å². The second kappa shape index (κ2) is 7.04. The van der Waals surface area contributed by atoms with Crippen LogP contribution in [0.1, 0.15) is 12.8 Å². The molecule has 1 fully saturated rings. The molecule has 1 unspecified atom stereocenters. The fraction of sp³-hybridized carbons (Fsp3) is 0.438. The molecule has 24 heavy (non-hydrogen) atoms. The zero-order valence-electron chi connectivity index (χ0n) is 13.7. The van der Waals surface area contributed by atoms with Gasteiger partial charge >= 0.3 is 6.09 Å². The molecule has 0 spiro atoms. The molecule has 128 valence electrons. The van der Waals surface area contributed by atoms with E-state index in [1.807, 2.05) is 35.9 Å². The molecule has 1 aliphatic heterocycles. The predicted molar refractivity (Wildman–Crippen MR) is 91.2 cm³/mol. The molecule has 8 heteroatoms. The Morgan fingerprint density at radius 1 is 1.38 bits per heavy atom. The van der Waals surface area contributed by atoms with Gasteiger partial charge in [-0.15, -0.1) is 5.10 Å². The number of methoxy groups -OCH3 is 1. The number of rotatable bonds is 2. The molecule has 0 bridgehead atoms. The number of hydrogen-bond acceptors (Lipinski definition) is 5. The number of carbonyl (C=O) groups excluding carboxylic acids is 2. The summed E-state index contributed by atoms with van der Waals surface area (Å²) in [4.78, 5) is 26.3. The number of ether oxygens (including phenoxy) is 1. The molecule has 1 aromatic heterocycles. The number of benzene rings is 1. The molecule has 2 aromatic rings. The average Bonchev–Trinajstić information content (AvgIpc) is 2.95. The lowest BCUT2D eigenvalue weighted by Crippen LogP contribution is -2.44. The number of aryl methyl sites for hydroxylation is 1. The van der Waals surface area contributed by atoms with Crippen LogP contribution in [0.25, 0.3) is 10.2 Å². The quantitative estimate of drug-likeness (QED) is 0.839. The van der Waals surface area contributed by atoms with E-state index in [4.69, 9.17) is 4.74 Å². The molecule has 0 saturated carbocycles. The van der Waals surface area contributed by atoms with Crippen molar-refractivity contribution in [3.8, 4) is 0 Å². The normalized spacial score (nSPS) is 18.7. The van der Waals surface area contributed by atoms with Crippen molar-refractivity contribution in [3.63, 3.8) is 0 Å². The van der Waals surface area contributed by atoms with Crippen LogP contribution >= 0.6 is 11.3 Å². The van der Waals surface area contributed by atoms with Gasteiger partial charge in [-0.1, -0.05) is 23.5 Å². The van der Waals surface area contributed by atoms with Gasteiger partial charge in [0.05, 0.1) is 23.2 Å². The number of aromatic nitrogens is 1. The molecule has 0 aliphatic carbocycles. The molecule has 7 nitrogen and oxygen atoms in total. The lowest BCUT2D eigenvalue weighted by atomic mass is 9.98. The van der Waals surface area contributed by atoms with Gasteiger partial charge in [-0.2, -0.15) is 0 Å². The van der Waals surface area contributed by atoms with Gasteiger partial charge in [-0.05, 0) is 25.0 Å². The van der Waals surface area contributed by atoms with Crippen molar-refractivity contribution in [1.82, 2.24) is 14.9 Å². The minimum Gasteiger partial charge on any atom is -0.453 e. The van der Waals surface area contributed by atoms with Crippen LogP contribution in [0.15, 0.2) is 29.4 Å². The SMILES string of the molecule is COC(=O)N1CCCC(C(=O)N/N=c2/sc3ccccc3n2C)C1. The zero-order valence-corrected chi connectivity index (χ0v) is 14.5. The summed E-state index contributed by atoms with van der Waals surface area (Å²) in [6, 6.07) is 7.99. The van der Waals surface area contributed by atoms with E-state index in [1.165, 1.54) is 18.4 Å². The number of nitrogens with zero attached hydrogens (tertiary/aromatic N) is 3. The van der Waals surface area contributed by atoms with Crippen molar-refractivity contribution in [3.05, 3.63) is 29.1 Å². The van der Waals surface area contributed by atoms with Crippen molar-refractivity contribution < 1.29 is 14.3 Å². The summed E-state index contributed by atoms with van der Waals surface area (Å²) >= 11 is 1.52. The molecule has 0 radical (unpaired) electrons. The van der Waals surface area contributed by atoms with Gasteiger partial charge in [0.2, 0.25) is 10.7 Å². The number of fused-ring (bicyclic) bond motifs is 1. The first-order valence-corrected chi connectivity index (χ1v) is 8.63. The third kappa shape index (κ3) is 3.28. The van der Waals surface area contributed by atoms with Crippen molar-refractivity contribution in [2.45, 2.75) is 12.8 Å². The minimum atomic E-state index is -0.389. The van der Waals surface area contributed by atoms with Crippen LogP contribution in [0.5, 0.6) is 0 Å². The number of para-hydroxylation sites is 1. The van der Waals surface area contributed by atoms with Gasteiger partial charge in [-0.3, -0.25) is 4.79 Å². The summed E-state index contributed by atoms with van der Waals surface area (Å²) in [5, 5.41) is 4.26. The summed E-state index contributed by atoms with van der Waals surface area (Å²) in [5.74, 6) is -0.428. The molecular formula is C16H20N4O3S. The van der Waals surface area contributed by atoms with E-state index in [0.717, 1.165) is 27.9 Å². The third-order valence-corrected chi connectivity index (χ3v) is 5.31. The van der Waals surface area contributed by atoms with E-state index in [1.54, 1.807) is 4.90 Å². The van der Waals surface area contributed by atoms with E-state index in [-0.39, 0.29) is 17.9 Å². The number of thiazole rings is 1. The maximum Gasteiger partial charge on any atom is 0.409 e. The second-order valence-corrected chi connectivity index (χ2v) is 6.76. The van der Waals surface area contributed by atoms with E-state index < -0.39 is 0 Å². The largest absolute Gasteiger partial charge is 0.453 e. The summed E-state index contributed by atoms with van der Waals surface area (Å²) in [6.45, 7) is 0.992.